The Bertz CT molecular complexity index is 754. The van der Waals surface area contributed by atoms with Crippen LogP contribution in [0.15, 0.2) is 24.4 Å². The summed E-state index contributed by atoms with van der Waals surface area (Å²) in [7, 11) is 1.71. The number of benzene rings is 1. The van der Waals surface area contributed by atoms with E-state index in [0.29, 0.717) is 0 Å². The molecule has 2 N–H and O–H groups in total. The molecule has 4 heteroatoms. The van der Waals surface area contributed by atoms with Gasteiger partial charge in [-0.3, -0.25) is 5.10 Å². The molecule has 0 spiro atoms. The molecule has 0 amide bonds. The first kappa shape index (κ1) is 10.7. The molecule has 3 aromatic rings. The van der Waals surface area contributed by atoms with Crippen molar-refractivity contribution in [2.45, 2.75) is 19.3 Å². The molecule has 1 aliphatic rings. The molecule has 2 aromatic heterocycles. The molecule has 0 radical (unpaired) electrons. The highest BCUT2D eigenvalue weighted by Gasteiger charge is 2.20. The van der Waals surface area contributed by atoms with E-state index in [-0.39, 0.29) is 0 Å². The molecule has 0 aliphatic heterocycles. The zero-order valence-electron chi connectivity index (χ0n) is 10.8. The Hall–Kier alpha value is -2.23. The summed E-state index contributed by atoms with van der Waals surface area (Å²) in [6.45, 7) is 0. The van der Waals surface area contributed by atoms with Gasteiger partial charge >= 0.3 is 0 Å². The monoisotopic (exact) mass is 253 g/mol. The van der Waals surface area contributed by atoms with Crippen molar-refractivity contribution < 1.29 is 4.74 Å². The first-order valence-corrected chi connectivity index (χ1v) is 6.58. The summed E-state index contributed by atoms with van der Waals surface area (Å²) in [5, 5.41) is 8.57. The van der Waals surface area contributed by atoms with Gasteiger partial charge in [-0.25, -0.2) is 0 Å². The maximum absolute atomic E-state index is 5.33. The summed E-state index contributed by atoms with van der Waals surface area (Å²) in [5.74, 6) is 0.906. The summed E-state index contributed by atoms with van der Waals surface area (Å²) in [4.78, 5) is 3.52. The molecule has 0 saturated carbocycles. The van der Waals surface area contributed by atoms with Gasteiger partial charge in [0.05, 0.1) is 24.7 Å². The first-order chi connectivity index (χ1) is 9.36. The topological polar surface area (TPSA) is 53.7 Å². The fourth-order valence-corrected chi connectivity index (χ4v) is 3.00. The fourth-order valence-electron chi connectivity index (χ4n) is 3.00. The average Bonchev–Trinajstić information content (AvgIpc) is 2.99. The quantitative estimate of drug-likeness (QED) is 0.700. The predicted molar refractivity (Wildman–Crippen MR) is 74.5 cm³/mol. The van der Waals surface area contributed by atoms with Crippen LogP contribution in [0.25, 0.3) is 22.3 Å². The molecule has 0 unspecified atom stereocenters. The summed E-state index contributed by atoms with van der Waals surface area (Å²) >= 11 is 0. The molecule has 2 heterocycles. The Morgan fingerprint density at radius 2 is 2.16 bits per heavy atom. The summed E-state index contributed by atoms with van der Waals surface area (Å²) < 4.78 is 5.33. The number of aromatic amines is 2. The third kappa shape index (κ3) is 1.49. The van der Waals surface area contributed by atoms with Crippen molar-refractivity contribution in [1.82, 2.24) is 15.2 Å². The van der Waals surface area contributed by atoms with Crippen molar-refractivity contribution in [3.8, 4) is 17.1 Å². The Balaban J connectivity index is 2.03. The Kier molecular flexibility index (Phi) is 2.18. The zero-order valence-corrected chi connectivity index (χ0v) is 10.8. The lowest BCUT2D eigenvalue weighted by Gasteiger charge is -2.01. The molecule has 0 fully saturated rings. The van der Waals surface area contributed by atoms with Crippen LogP contribution >= 0.6 is 0 Å². The van der Waals surface area contributed by atoms with Crippen LogP contribution in [0.5, 0.6) is 5.75 Å². The van der Waals surface area contributed by atoms with Crippen LogP contribution in [-0.2, 0) is 12.8 Å². The molecule has 0 atom stereocenters. The zero-order chi connectivity index (χ0) is 12.8. The van der Waals surface area contributed by atoms with Crippen molar-refractivity contribution in [2.75, 3.05) is 7.11 Å². The van der Waals surface area contributed by atoms with E-state index in [2.05, 4.69) is 27.3 Å². The Morgan fingerprint density at radius 1 is 1.21 bits per heavy atom. The van der Waals surface area contributed by atoms with Crippen LogP contribution in [0.3, 0.4) is 0 Å². The van der Waals surface area contributed by atoms with Gasteiger partial charge in [0.15, 0.2) is 0 Å². The van der Waals surface area contributed by atoms with Gasteiger partial charge < -0.3 is 9.72 Å². The van der Waals surface area contributed by atoms with Crippen molar-refractivity contribution in [3.63, 3.8) is 0 Å². The second-order valence-electron chi connectivity index (χ2n) is 5.01. The number of hydrogen-bond donors (Lipinski definition) is 2. The third-order valence-corrected chi connectivity index (χ3v) is 3.95. The van der Waals surface area contributed by atoms with Crippen LogP contribution in [0.2, 0.25) is 0 Å². The fraction of sp³-hybridized carbons (Fsp3) is 0.267. The van der Waals surface area contributed by atoms with Crippen LogP contribution in [0.4, 0.5) is 0 Å². The van der Waals surface area contributed by atoms with Gasteiger partial charge in [0.1, 0.15) is 5.75 Å². The molecule has 0 saturated heterocycles. The van der Waals surface area contributed by atoms with Crippen molar-refractivity contribution >= 4 is 10.9 Å². The van der Waals surface area contributed by atoms with Crippen LogP contribution in [0, 0.1) is 0 Å². The van der Waals surface area contributed by atoms with Gasteiger partial charge in [-0.1, -0.05) is 0 Å². The van der Waals surface area contributed by atoms with E-state index in [1.165, 1.54) is 22.2 Å². The van der Waals surface area contributed by atoms with Gasteiger partial charge in [0.2, 0.25) is 0 Å². The number of fused-ring (bicyclic) bond motifs is 5. The summed E-state index contributed by atoms with van der Waals surface area (Å²) in [5.41, 5.74) is 6.17. The largest absolute Gasteiger partial charge is 0.497 e. The van der Waals surface area contributed by atoms with Gasteiger partial charge in [0.25, 0.3) is 0 Å². The maximum Gasteiger partial charge on any atom is 0.119 e. The van der Waals surface area contributed by atoms with Gasteiger partial charge in [0, 0.05) is 10.9 Å². The van der Waals surface area contributed by atoms with E-state index < -0.39 is 0 Å². The number of aromatic nitrogens is 3. The van der Waals surface area contributed by atoms with E-state index in [0.717, 1.165) is 36.2 Å². The minimum absolute atomic E-state index is 0.906. The highest BCUT2D eigenvalue weighted by atomic mass is 16.5. The van der Waals surface area contributed by atoms with Crippen LogP contribution < -0.4 is 4.74 Å². The minimum Gasteiger partial charge on any atom is -0.497 e. The third-order valence-electron chi connectivity index (χ3n) is 3.95. The lowest BCUT2D eigenvalue weighted by molar-refractivity contribution is 0.415. The SMILES string of the molecule is COc1ccc2[nH]c3c(c2c1)CCCc1cn[nH]c1-3. The van der Waals surface area contributed by atoms with E-state index >= 15 is 0 Å². The standard InChI is InChI=1S/C15H15N3O/c1-19-10-5-6-13-12(7-10)11-4-2-3-9-8-16-18-14(9)15(11)17-13/h5-8,17H,2-4H2,1H3,(H,16,18). The smallest absolute Gasteiger partial charge is 0.119 e. The molecule has 1 aliphatic carbocycles. The van der Waals surface area contributed by atoms with Gasteiger partial charge in [-0.15, -0.1) is 0 Å². The maximum atomic E-state index is 5.33. The lowest BCUT2D eigenvalue weighted by Crippen LogP contribution is -1.86. The number of nitrogens with zero attached hydrogens (tertiary/aromatic N) is 1. The van der Waals surface area contributed by atoms with E-state index in [1.54, 1.807) is 7.11 Å². The van der Waals surface area contributed by atoms with E-state index in [1.807, 2.05) is 12.3 Å². The van der Waals surface area contributed by atoms with Gasteiger partial charge in [-0.2, -0.15) is 5.10 Å². The average molecular weight is 253 g/mol. The first-order valence-electron chi connectivity index (χ1n) is 6.58. The number of methoxy groups -OCH3 is 1. The number of rotatable bonds is 1. The molecular weight excluding hydrogens is 238 g/mol. The number of H-pyrrole nitrogens is 2. The highest BCUT2D eigenvalue weighted by molar-refractivity contribution is 5.91. The molecule has 1 aromatic carbocycles. The van der Waals surface area contributed by atoms with Crippen molar-refractivity contribution in [2.24, 2.45) is 0 Å². The predicted octanol–water partition coefficient (Wildman–Crippen LogP) is 3.06. The van der Waals surface area contributed by atoms with Crippen LogP contribution in [-0.4, -0.2) is 22.3 Å². The van der Waals surface area contributed by atoms with Crippen LogP contribution in [0.1, 0.15) is 17.5 Å². The molecule has 19 heavy (non-hydrogen) atoms. The summed E-state index contributed by atoms with van der Waals surface area (Å²) in [6.07, 6.45) is 5.27. The molecule has 4 rings (SSSR count). The van der Waals surface area contributed by atoms with E-state index in [9.17, 15) is 0 Å². The molecule has 96 valence electrons. The van der Waals surface area contributed by atoms with E-state index in [4.69, 9.17) is 4.74 Å². The molecular formula is C15H15N3O. The normalized spacial score (nSPS) is 13.9. The second kappa shape index (κ2) is 3.88. The Morgan fingerprint density at radius 3 is 3.05 bits per heavy atom. The molecule has 0 bridgehead atoms. The van der Waals surface area contributed by atoms with Gasteiger partial charge in [-0.05, 0) is 48.6 Å². The second-order valence-corrected chi connectivity index (χ2v) is 5.01. The highest BCUT2D eigenvalue weighted by Crippen LogP contribution is 2.36. The number of hydrogen-bond acceptors (Lipinski definition) is 2. The van der Waals surface area contributed by atoms with Crippen molar-refractivity contribution in [1.29, 1.82) is 0 Å². The van der Waals surface area contributed by atoms with Crippen molar-refractivity contribution in [3.05, 3.63) is 35.5 Å². The molecule has 4 nitrogen and oxygen atoms in total. The number of ether oxygens (including phenoxy) is 1. The minimum atomic E-state index is 0.906. The number of nitrogens with one attached hydrogen (secondary N) is 2. The summed E-state index contributed by atoms with van der Waals surface area (Å²) in [6, 6.07) is 6.19. The number of aryl methyl sites for hydroxylation is 2. The lowest BCUT2D eigenvalue weighted by atomic mass is 10.1. The Labute approximate surface area is 110 Å².